The van der Waals surface area contributed by atoms with Crippen LogP contribution in [0.1, 0.15) is 24.0 Å². The Morgan fingerprint density at radius 3 is 2.86 bits per heavy atom. The molecule has 0 unspecified atom stereocenters. The van der Waals surface area contributed by atoms with Crippen LogP contribution < -0.4 is 0 Å². The molecule has 0 atom stereocenters. The molecule has 0 aliphatic heterocycles. The van der Waals surface area contributed by atoms with Gasteiger partial charge in [0.25, 0.3) is 0 Å². The molecular formula is C12H12Cl2. The molecule has 0 spiro atoms. The molecule has 0 nitrogen and oxygen atoms in total. The number of halogens is 2. The molecule has 1 aromatic rings. The Balaban J connectivity index is 2.73. The Labute approximate surface area is 95.2 Å². The second-order valence-electron chi connectivity index (χ2n) is 3.05. The zero-order chi connectivity index (χ0) is 10.4. The van der Waals surface area contributed by atoms with E-state index < -0.39 is 0 Å². The highest BCUT2D eigenvalue weighted by molar-refractivity contribution is 6.30. The van der Waals surface area contributed by atoms with E-state index in [0.717, 1.165) is 29.0 Å². The number of benzene rings is 1. The van der Waals surface area contributed by atoms with Crippen LogP contribution in [0.5, 0.6) is 0 Å². The maximum absolute atomic E-state index is 5.87. The van der Waals surface area contributed by atoms with Gasteiger partial charge in [0.05, 0.1) is 0 Å². The molecule has 0 amide bonds. The highest BCUT2D eigenvalue weighted by atomic mass is 35.5. The van der Waals surface area contributed by atoms with E-state index in [0.29, 0.717) is 5.88 Å². The van der Waals surface area contributed by atoms with Crippen molar-refractivity contribution in [3.8, 4) is 11.8 Å². The van der Waals surface area contributed by atoms with E-state index >= 15 is 0 Å². The molecule has 1 aromatic carbocycles. The molecule has 0 aromatic heterocycles. The number of hydrogen-bond donors (Lipinski definition) is 0. The fourth-order valence-electron chi connectivity index (χ4n) is 1.04. The number of unbranched alkanes of at least 4 members (excludes halogenated alkanes) is 1. The summed E-state index contributed by atoms with van der Waals surface area (Å²) >= 11 is 11.4. The standard InChI is InChI=1S/C12H12Cl2/c1-10-6-7-12(14)9-11(10)5-3-2-4-8-13/h6-7,9H,2,4,8H2,1H3. The third-order valence-corrected chi connectivity index (χ3v) is 2.36. The molecule has 0 radical (unpaired) electrons. The molecular weight excluding hydrogens is 215 g/mol. The fourth-order valence-corrected chi connectivity index (χ4v) is 1.35. The minimum atomic E-state index is 0.670. The number of rotatable bonds is 2. The van der Waals surface area contributed by atoms with Gasteiger partial charge in [0, 0.05) is 22.9 Å². The molecule has 1 rings (SSSR count). The van der Waals surface area contributed by atoms with Gasteiger partial charge in [0.15, 0.2) is 0 Å². The van der Waals surface area contributed by atoms with E-state index in [2.05, 4.69) is 11.8 Å². The lowest BCUT2D eigenvalue weighted by Crippen LogP contribution is -1.81. The van der Waals surface area contributed by atoms with Crippen LogP contribution in [0.25, 0.3) is 0 Å². The topological polar surface area (TPSA) is 0 Å². The number of alkyl halides is 1. The second-order valence-corrected chi connectivity index (χ2v) is 3.87. The normalized spacial score (nSPS) is 9.36. The lowest BCUT2D eigenvalue weighted by atomic mass is 10.1. The predicted molar refractivity (Wildman–Crippen MR) is 63.0 cm³/mol. The van der Waals surface area contributed by atoms with E-state index in [1.807, 2.05) is 25.1 Å². The van der Waals surface area contributed by atoms with Crippen LogP contribution in [0.2, 0.25) is 5.02 Å². The first-order valence-electron chi connectivity index (χ1n) is 4.55. The predicted octanol–water partition coefficient (Wildman–Crippen LogP) is 4.02. The maximum atomic E-state index is 5.87. The van der Waals surface area contributed by atoms with Gasteiger partial charge in [-0.05, 0) is 31.0 Å². The van der Waals surface area contributed by atoms with Gasteiger partial charge in [0.2, 0.25) is 0 Å². The van der Waals surface area contributed by atoms with Gasteiger partial charge >= 0.3 is 0 Å². The van der Waals surface area contributed by atoms with Crippen LogP contribution in [-0.2, 0) is 0 Å². The summed E-state index contributed by atoms with van der Waals surface area (Å²) in [6.45, 7) is 2.03. The van der Waals surface area contributed by atoms with Crippen molar-refractivity contribution >= 4 is 23.2 Å². The molecule has 14 heavy (non-hydrogen) atoms. The minimum absolute atomic E-state index is 0.670. The van der Waals surface area contributed by atoms with Crippen molar-refractivity contribution < 1.29 is 0 Å². The van der Waals surface area contributed by atoms with E-state index in [4.69, 9.17) is 23.2 Å². The van der Waals surface area contributed by atoms with Crippen molar-refractivity contribution in [1.82, 2.24) is 0 Å². The zero-order valence-corrected chi connectivity index (χ0v) is 9.62. The van der Waals surface area contributed by atoms with E-state index in [9.17, 15) is 0 Å². The van der Waals surface area contributed by atoms with Crippen molar-refractivity contribution in [2.75, 3.05) is 5.88 Å². The van der Waals surface area contributed by atoms with Crippen molar-refractivity contribution in [1.29, 1.82) is 0 Å². The Morgan fingerprint density at radius 1 is 1.36 bits per heavy atom. The first kappa shape index (κ1) is 11.4. The van der Waals surface area contributed by atoms with Crippen molar-refractivity contribution in [3.63, 3.8) is 0 Å². The molecule has 0 bridgehead atoms. The van der Waals surface area contributed by atoms with Crippen LogP contribution >= 0.6 is 23.2 Å². The molecule has 0 aliphatic carbocycles. The largest absolute Gasteiger partial charge is 0.127 e. The molecule has 0 saturated heterocycles. The van der Waals surface area contributed by atoms with E-state index in [-0.39, 0.29) is 0 Å². The average molecular weight is 227 g/mol. The summed E-state index contributed by atoms with van der Waals surface area (Å²) < 4.78 is 0. The molecule has 0 N–H and O–H groups in total. The SMILES string of the molecule is Cc1ccc(Cl)cc1C#CCCCCl. The van der Waals surface area contributed by atoms with E-state index in [1.54, 1.807) is 0 Å². The van der Waals surface area contributed by atoms with E-state index in [1.165, 1.54) is 0 Å². The molecule has 0 fully saturated rings. The lowest BCUT2D eigenvalue weighted by molar-refractivity contribution is 0.991. The molecule has 0 aliphatic rings. The highest BCUT2D eigenvalue weighted by Crippen LogP contribution is 2.14. The van der Waals surface area contributed by atoms with Crippen molar-refractivity contribution in [2.24, 2.45) is 0 Å². The van der Waals surface area contributed by atoms with Crippen LogP contribution in [-0.4, -0.2) is 5.88 Å². The van der Waals surface area contributed by atoms with Gasteiger partial charge in [0.1, 0.15) is 0 Å². The summed E-state index contributed by atoms with van der Waals surface area (Å²) in [5.41, 5.74) is 2.17. The van der Waals surface area contributed by atoms with Crippen LogP contribution in [0.15, 0.2) is 18.2 Å². The molecule has 74 valence electrons. The molecule has 0 heterocycles. The van der Waals surface area contributed by atoms with Gasteiger partial charge in [-0.25, -0.2) is 0 Å². The summed E-state index contributed by atoms with van der Waals surface area (Å²) in [6.07, 6.45) is 1.78. The lowest BCUT2D eigenvalue weighted by Gasteiger charge is -1.97. The Bertz CT molecular complexity index is 358. The van der Waals surface area contributed by atoms with Crippen LogP contribution in [0.3, 0.4) is 0 Å². The maximum Gasteiger partial charge on any atom is 0.0418 e. The van der Waals surface area contributed by atoms with Crippen LogP contribution in [0, 0.1) is 18.8 Å². The van der Waals surface area contributed by atoms with Gasteiger partial charge < -0.3 is 0 Å². The fraction of sp³-hybridized carbons (Fsp3) is 0.333. The third kappa shape index (κ3) is 3.62. The monoisotopic (exact) mass is 226 g/mol. The van der Waals surface area contributed by atoms with Crippen molar-refractivity contribution in [3.05, 3.63) is 34.3 Å². The smallest absolute Gasteiger partial charge is 0.0418 e. The average Bonchev–Trinajstić information content (AvgIpc) is 2.18. The highest BCUT2D eigenvalue weighted by Gasteiger charge is 1.94. The quantitative estimate of drug-likeness (QED) is 0.406. The molecule has 0 saturated carbocycles. The zero-order valence-electron chi connectivity index (χ0n) is 8.11. The van der Waals surface area contributed by atoms with Gasteiger partial charge in [-0.3, -0.25) is 0 Å². The van der Waals surface area contributed by atoms with Crippen molar-refractivity contribution in [2.45, 2.75) is 19.8 Å². The first-order valence-corrected chi connectivity index (χ1v) is 5.46. The Morgan fingerprint density at radius 2 is 2.14 bits per heavy atom. The summed E-state index contributed by atoms with van der Waals surface area (Å²) in [5, 5.41) is 0.734. The Kier molecular flexibility index (Phi) is 4.87. The van der Waals surface area contributed by atoms with Gasteiger partial charge in [-0.15, -0.1) is 11.6 Å². The summed E-state index contributed by atoms with van der Waals surface area (Å²) in [7, 11) is 0. The second kappa shape index (κ2) is 5.96. The Hall–Kier alpha value is -0.640. The summed E-state index contributed by atoms with van der Waals surface area (Å²) in [4.78, 5) is 0. The van der Waals surface area contributed by atoms with Gasteiger partial charge in [-0.2, -0.15) is 0 Å². The minimum Gasteiger partial charge on any atom is -0.127 e. The third-order valence-electron chi connectivity index (χ3n) is 1.86. The molecule has 2 heteroatoms. The number of hydrogen-bond acceptors (Lipinski definition) is 0. The number of aryl methyl sites for hydroxylation is 1. The van der Waals surface area contributed by atoms with Gasteiger partial charge in [-0.1, -0.05) is 29.5 Å². The van der Waals surface area contributed by atoms with Crippen LogP contribution in [0.4, 0.5) is 0 Å². The summed E-state index contributed by atoms with van der Waals surface area (Å²) in [5.74, 6) is 6.84. The first-order chi connectivity index (χ1) is 6.74. The summed E-state index contributed by atoms with van der Waals surface area (Å²) in [6, 6.07) is 5.75.